The summed E-state index contributed by atoms with van der Waals surface area (Å²) in [5.41, 5.74) is 1.12. The largest absolute Gasteiger partial charge is 0.493 e. The molecule has 1 saturated carbocycles. The Balaban J connectivity index is 1.30. The first-order valence-corrected chi connectivity index (χ1v) is 16.7. The van der Waals surface area contributed by atoms with Gasteiger partial charge in [-0.1, -0.05) is 57.9 Å². The summed E-state index contributed by atoms with van der Waals surface area (Å²) in [6.45, 7) is 4.07. The highest BCUT2D eigenvalue weighted by Gasteiger charge is 2.40. The summed E-state index contributed by atoms with van der Waals surface area (Å²) in [4.78, 5) is 57.9. The highest BCUT2D eigenvalue weighted by molar-refractivity contribution is 6.03. The fourth-order valence-corrected chi connectivity index (χ4v) is 6.55. The van der Waals surface area contributed by atoms with E-state index in [1.807, 2.05) is 18.2 Å². The first-order chi connectivity index (χ1) is 21.8. The number of hydrogen-bond acceptors (Lipinski definition) is 10. The molecule has 4 atom stereocenters. The Kier molecular flexibility index (Phi) is 13.5. The monoisotopic (exact) mass is 630 g/mol. The van der Waals surface area contributed by atoms with Crippen LogP contribution in [0.1, 0.15) is 96.0 Å². The van der Waals surface area contributed by atoms with Crippen LogP contribution in [-0.2, 0) is 39.9 Å². The molecule has 0 aromatic heterocycles. The molecule has 2 saturated heterocycles. The van der Waals surface area contributed by atoms with Crippen LogP contribution in [0, 0.1) is 5.92 Å². The van der Waals surface area contributed by atoms with Crippen LogP contribution in [0.25, 0.3) is 0 Å². The smallest absolute Gasteiger partial charge is 0.347 e. The maximum atomic E-state index is 13.3. The third-order valence-electron chi connectivity index (χ3n) is 9.12. The SMILES string of the molecule is CCCCCCCC(C(=O)O[C@@H]1CCN([C@@H]2CCCC[C@H]2OCCc2ccc(OC)c(OC)c2)C1)C(=O)ON1C(=O)CCC1=O. The van der Waals surface area contributed by atoms with E-state index in [9.17, 15) is 19.2 Å². The number of ether oxygens (including phenoxy) is 4. The number of hydroxylamine groups is 2. The minimum Gasteiger partial charge on any atom is -0.493 e. The number of amides is 2. The predicted molar refractivity (Wildman–Crippen MR) is 165 cm³/mol. The molecule has 2 aliphatic heterocycles. The van der Waals surface area contributed by atoms with Crippen LogP contribution in [0.4, 0.5) is 0 Å². The molecule has 2 heterocycles. The highest BCUT2D eigenvalue weighted by atomic mass is 16.7. The zero-order chi connectivity index (χ0) is 32.2. The predicted octanol–water partition coefficient (Wildman–Crippen LogP) is 4.78. The number of benzene rings is 1. The number of carbonyl (C=O) groups is 4. The number of unbranched alkanes of at least 4 members (excludes halogenated alkanes) is 4. The van der Waals surface area contributed by atoms with Crippen molar-refractivity contribution in [1.29, 1.82) is 0 Å². The second-order valence-corrected chi connectivity index (χ2v) is 12.3. The average molecular weight is 631 g/mol. The second-order valence-electron chi connectivity index (χ2n) is 12.3. The molecule has 2 amide bonds. The van der Waals surface area contributed by atoms with Crippen molar-refractivity contribution < 1.29 is 43.0 Å². The van der Waals surface area contributed by atoms with E-state index in [-0.39, 0.29) is 37.5 Å². The maximum Gasteiger partial charge on any atom is 0.347 e. The third kappa shape index (κ3) is 9.66. The molecule has 0 radical (unpaired) electrons. The first-order valence-electron chi connectivity index (χ1n) is 16.7. The molecule has 3 fully saturated rings. The Labute approximate surface area is 266 Å². The van der Waals surface area contributed by atoms with E-state index >= 15 is 0 Å². The van der Waals surface area contributed by atoms with E-state index in [1.54, 1.807) is 14.2 Å². The van der Waals surface area contributed by atoms with Gasteiger partial charge < -0.3 is 23.8 Å². The van der Waals surface area contributed by atoms with Crippen molar-refractivity contribution in [2.45, 2.75) is 115 Å². The molecule has 11 nitrogen and oxygen atoms in total. The van der Waals surface area contributed by atoms with Crippen molar-refractivity contribution in [1.82, 2.24) is 9.96 Å². The zero-order valence-electron chi connectivity index (χ0n) is 27.1. The van der Waals surface area contributed by atoms with Crippen LogP contribution in [0.2, 0.25) is 0 Å². The average Bonchev–Trinajstić information content (AvgIpc) is 3.64. The van der Waals surface area contributed by atoms with Gasteiger partial charge in [0.05, 0.1) is 26.9 Å². The van der Waals surface area contributed by atoms with Crippen LogP contribution >= 0.6 is 0 Å². The number of esters is 1. The summed E-state index contributed by atoms with van der Waals surface area (Å²) < 4.78 is 23.1. The fraction of sp³-hybridized carbons (Fsp3) is 0.706. The minimum absolute atomic E-state index is 0.00173. The van der Waals surface area contributed by atoms with Crippen LogP contribution < -0.4 is 9.47 Å². The van der Waals surface area contributed by atoms with Crippen LogP contribution in [0.5, 0.6) is 11.5 Å². The lowest BCUT2D eigenvalue weighted by molar-refractivity contribution is -0.203. The summed E-state index contributed by atoms with van der Waals surface area (Å²) in [5, 5.41) is 0.505. The van der Waals surface area contributed by atoms with Crippen molar-refractivity contribution in [2.75, 3.05) is 33.9 Å². The molecule has 3 aliphatic rings. The molecule has 45 heavy (non-hydrogen) atoms. The van der Waals surface area contributed by atoms with Crippen LogP contribution in [0.3, 0.4) is 0 Å². The summed E-state index contributed by atoms with van der Waals surface area (Å²) in [7, 11) is 3.25. The van der Waals surface area contributed by atoms with Crippen molar-refractivity contribution in [3.8, 4) is 11.5 Å². The van der Waals surface area contributed by atoms with Gasteiger partial charge in [-0.2, -0.15) is 0 Å². The number of rotatable bonds is 17. The van der Waals surface area contributed by atoms with Gasteiger partial charge in [0, 0.05) is 32.0 Å². The highest BCUT2D eigenvalue weighted by Crippen LogP contribution is 2.31. The standard InChI is InChI=1S/C34H50N2O9/c1-4-5-6-7-8-11-26(34(40)45-36-31(37)16-17-32(36)38)33(39)44-25-18-20-35(23-25)27-12-9-10-13-28(27)43-21-19-24-14-15-29(41-2)30(22-24)42-3/h14-15,22,25-28H,4-13,16-21,23H2,1-3H3/t25-,26?,27-,28-/m1/s1. The van der Waals surface area contributed by atoms with E-state index < -0.39 is 29.7 Å². The fourth-order valence-electron chi connectivity index (χ4n) is 6.55. The van der Waals surface area contributed by atoms with Gasteiger partial charge in [0.15, 0.2) is 17.4 Å². The molecule has 0 N–H and O–H groups in total. The van der Waals surface area contributed by atoms with Gasteiger partial charge in [-0.15, -0.1) is 5.06 Å². The summed E-state index contributed by atoms with van der Waals surface area (Å²) in [5.74, 6) is -2.45. The number of likely N-dealkylation sites (tertiary alicyclic amines) is 1. The van der Waals surface area contributed by atoms with Crippen LogP contribution in [0.15, 0.2) is 18.2 Å². The van der Waals surface area contributed by atoms with Gasteiger partial charge in [0.1, 0.15) is 6.10 Å². The molecule has 11 heteroatoms. The third-order valence-corrected chi connectivity index (χ3v) is 9.12. The number of nitrogens with zero attached hydrogens (tertiary/aromatic N) is 2. The molecule has 0 spiro atoms. The lowest BCUT2D eigenvalue weighted by Gasteiger charge is -2.37. The summed E-state index contributed by atoms with van der Waals surface area (Å²) in [6.07, 6.45) is 10.4. The minimum atomic E-state index is -1.18. The van der Waals surface area contributed by atoms with Gasteiger partial charge in [-0.3, -0.25) is 19.3 Å². The van der Waals surface area contributed by atoms with Crippen LogP contribution in [-0.4, -0.2) is 85.9 Å². The van der Waals surface area contributed by atoms with E-state index in [0.717, 1.165) is 69.9 Å². The molecule has 1 aromatic carbocycles. The topological polar surface area (TPSA) is 121 Å². The molecular weight excluding hydrogens is 580 g/mol. The normalized spacial score (nSPS) is 22.8. The van der Waals surface area contributed by atoms with E-state index in [2.05, 4.69) is 11.8 Å². The van der Waals surface area contributed by atoms with E-state index in [0.29, 0.717) is 42.6 Å². The maximum absolute atomic E-state index is 13.3. The van der Waals surface area contributed by atoms with Gasteiger partial charge >= 0.3 is 11.9 Å². The number of hydrogen-bond donors (Lipinski definition) is 0. The lowest BCUT2D eigenvalue weighted by atomic mass is 9.91. The van der Waals surface area contributed by atoms with E-state index in [4.69, 9.17) is 23.8 Å². The number of methoxy groups -OCH3 is 2. The second kappa shape index (κ2) is 17.5. The molecular formula is C34H50N2O9. The molecule has 4 rings (SSSR count). The lowest BCUT2D eigenvalue weighted by Crippen LogP contribution is -2.46. The number of carbonyl (C=O) groups excluding carboxylic acids is 4. The molecule has 1 aromatic rings. The molecule has 0 bridgehead atoms. The Morgan fingerprint density at radius 1 is 0.911 bits per heavy atom. The van der Waals surface area contributed by atoms with Crippen molar-refractivity contribution in [3.63, 3.8) is 0 Å². The summed E-state index contributed by atoms with van der Waals surface area (Å²) in [6, 6.07) is 6.15. The summed E-state index contributed by atoms with van der Waals surface area (Å²) >= 11 is 0. The van der Waals surface area contributed by atoms with Crippen molar-refractivity contribution in [3.05, 3.63) is 23.8 Å². The Morgan fingerprint density at radius 3 is 2.38 bits per heavy atom. The van der Waals surface area contributed by atoms with Gasteiger partial charge in [0.2, 0.25) is 0 Å². The zero-order valence-corrected chi connectivity index (χ0v) is 27.1. The quantitative estimate of drug-likeness (QED) is 0.103. The molecule has 1 unspecified atom stereocenters. The molecule has 250 valence electrons. The Hall–Kier alpha value is -3.18. The molecule has 1 aliphatic carbocycles. The van der Waals surface area contributed by atoms with E-state index in [1.165, 1.54) is 0 Å². The Bertz CT molecular complexity index is 1140. The van der Waals surface area contributed by atoms with Gasteiger partial charge in [-0.05, 0) is 49.8 Å². The van der Waals surface area contributed by atoms with Gasteiger partial charge in [0.25, 0.3) is 11.8 Å². The van der Waals surface area contributed by atoms with Crippen molar-refractivity contribution in [2.24, 2.45) is 5.92 Å². The van der Waals surface area contributed by atoms with Gasteiger partial charge in [-0.25, -0.2) is 4.79 Å². The van der Waals surface area contributed by atoms with Crippen molar-refractivity contribution >= 4 is 23.8 Å². The Morgan fingerprint density at radius 2 is 1.64 bits per heavy atom. The first kappa shape index (κ1) is 34.7. The number of imide groups is 1.